The van der Waals surface area contributed by atoms with Gasteiger partial charge in [0.15, 0.2) is 0 Å². The van der Waals surface area contributed by atoms with Gasteiger partial charge in [-0.15, -0.1) is 0 Å². The first-order valence-electron chi connectivity index (χ1n) is 4.44. The average molecular weight is 186 g/mol. The summed E-state index contributed by atoms with van der Waals surface area (Å²) in [4.78, 5) is 23.4. The molecule has 0 bridgehead atoms. The number of likely N-dealkylation sites (tertiary alicyclic amines) is 1. The molecule has 2 N–H and O–H groups in total. The number of carbonyl (C=O) groups is 2. The summed E-state index contributed by atoms with van der Waals surface area (Å²) < 4.78 is 0. The second-order valence-electron chi connectivity index (χ2n) is 3.03. The van der Waals surface area contributed by atoms with E-state index in [0.29, 0.717) is 19.5 Å². The van der Waals surface area contributed by atoms with Crippen molar-refractivity contribution in [2.75, 3.05) is 13.1 Å². The number of hydrogen-bond acceptors (Lipinski definition) is 2. The van der Waals surface area contributed by atoms with Gasteiger partial charge in [0, 0.05) is 13.1 Å². The zero-order valence-corrected chi connectivity index (χ0v) is 7.62. The van der Waals surface area contributed by atoms with Crippen molar-refractivity contribution < 1.29 is 14.7 Å². The lowest BCUT2D eigenvalue weighted by Crippen LogP contribution is -2.45. The van der Waals surface area contributed by atoms with Gasteiger partial charge in [-0.3, -0.25) is 0 Å². The van der Waals surface area contributed by atoms with E-state index in [-0.39, 0.29) is 6.03 Å². The Morgan fingerprint density at radius 1 is 1.62 bits per heavy atom. The van der Waals surface area contributed by atoms with E-state index in [1.807, 2.05) is 6.92 Å². The molecule has 0 aromatic heterocycles. The average Bonchev–Trinajstić information content (AvgIpc) is 2.52. The quantitative estimate of drug-likeness (QED) is 0.650. The highest BCUT2D eigenvalue weighted by Gasteiger charge is 2.33. The second-order valence-corrected chi connectivity index (χ2v) is 3.03. The number of carbonyl (C=O) groups excluding carboxylic acids is 1. The Morgan fingerprint density at radius 2 is 2.31 bits per heavy atom. The number of carboxylic acid groups (broad SMARTS) is 1. The number of nitrogens with one attached hydrogen (secondary N) is 1. The monoisotopic (exact) mass is 186 g/mol. The van der Waals surface area contributed by atoms with Crippen LogP contribution in [-0.4, -0.2) is 41.1 Å². The minimum absolute atomic E-state index is 0.271. The van der Waals surface area contributed by atoms with Crippen LogP contribution in [0.25, 0.3) is 0 Å². The molecular formula is C8H14N2O3. The van der Waals surface area contributed by atoms with Gasteiger partial charge < -0.3 is 15.3 Å². The lowest BCUT2D eigenvalue weighted by Gasteiger charge is -2.21. The van der Waals surface area contributed by atoms with E-state index in [1.165, 1.54) is 4.90 Å². The summed E-state index contributed by atoms with van der Waals surface area (Å²) in [6, 6.07) is -0.904. The highest BCUT2D eigenvalue weighted by atomic mass is 16.4. The van der Waals surface area contributed by atoms with E-state index in [0.717, 1.165) is 6.42 Å². The fraction of sp³-hybridized carbons (Fsp3) is 0.750. The third-order valence-electron chi connectivity index (χ3n) is 2.13. The predicted molar refractivity (Wildman–Crippen MR) is 46.4 cm³/mol. The summed E-state index contributed by atoms with van der Waals surface area (Å²) >= 11 is 0. The van der Waals surface area contributed by atoms with Gasteiger partial charge in [-0.2, -0.15) is 0 Å². The molecule has 2 amide bonds. The molecule has 13 heavy (non-hydrogen) atoms. The predicted octanol–water partition coefficient (Wildman–Crippen LogP) is 0.265. The minimum atomic E-state index is -0.913. The largest absolute Gasteiger partial charge is 0.480 e. The molecule has 1 aliphatic heterocycles. The van der Waals surface area contributed by atoms with Crippen molar-refractivity contribution in [2.24, 2.45) is 0 Å². The zero-order valence-electron chi connectivity index (χ0n) is 7.62. The van der Waals surface area contributed by atoms with Gasteiger partial charge in [-0.25, -0.2) is 9.59 Å². The molecule has 0 radical (unpaired) electrons. The molecule has 5 nitrogen and oxygen atoms in total. The topological polar surface area (TPSA) is 69.6 Å². The highest BCUT2D eigenvalue weighted by molar-refractivity contribution is 5.83. The Bertz CT molecular complexity index is 217. The van der Waals surface area contributed by atoms with Gasteiger partial charge >= 0.3 is 12.0 Å². The van der Waals surface area contributed by atoms with Crippen LogP contribution < -0.4 is 5.32 Å². The second kappa shape index (κ2) is 4.11. The van der Waals surface area contributed by atoms with Crippen molar-refractivity contribution in [3.8, 4) is 0 Å². The SMILES string of the molecule is CCNC(=O)N1CCC[C@@H]1C(=O)O. The Morgan fingerprint density at radius 3 is 2.85 bits per heavy atom. The number of rotatable bonds is 2. The van der Waals surface area contributed by atoms with Gasteiger partial charge in [0.25, 0.3) is 0 Å². The number of amides is 2. The van der Waals surface area contributed by atoms with E-state index in [9.17, 15) is 9.59 Å². The fourth-order valence-electron chi connectivity index (χ4n) is 1.52. The first-order valence-corrected chi connectivity index (χ1v) is 4.44. The molecule has 1 fully saturated rings. The first-order chi connectivity index (χ1) is 6.16. The maximum absolute atomic E-state index is 11.3. The minimum Gasteiger partial charge on any atom is -0.480 e. The third kappa shape index (κ3) is 2.11. The van der Waals surface area contributed by atoms with Crippen LogP contribution in [0.5, 0.6) is 0 Å². The molecule has 5 heteroatoms. The van der Waals surface area contributed by atoms with Crippen LogP contribution in [0.4, 0.5) is 4.79 Å². The third-order valence-corrected chi connectivity index (χ3v) is 2.13. The summed E-state index contributed by atoms with van der Waals surface area (Å²) in [7, 11) is 0. The molecule has 0 unspecified atom stereocenters. The van der Waals surface area contributed by atoms with Crippen molar-refractivity contribution in [3.63, 3.8) is 0 Å². The number of hydrogen-bond donors (Lipinski definition) is 2. The molecule has 0 aromatic rings. The Labute approximate surface area is 76.7 Å². The van der Waals surface area contributed by atoms with Crippen LogP contribution in [0.2, 0.25) is 0 Å². The van der Waals surface area contributed by atoms with Crippen LogP contribution >= 0.6 is 0 Å². The van der Waals surface area contributed by atoms with Crippen LogP contribution in [0, 0.1) is 0 Å². The van der Waals surface area contributed by atoms with Crippen molar-refractivity contribution in [2.45, 2.75) is 25.8 Å². The fourth-order valence-corrected chi connectivity index (χ4v) is 1.52. The van der Waals surface area contributed by atoms with Crippen molar-refractivity contribution >= 4 is 12.0 Å². The number of aliphatic carboxylic acids is 1. The number of nitrogens with zero attached hydrogens (tertiary/aromatic N) is 1. The van der Waals surface area contributed by atoms with Crippen molar-refractivity contribution in [1.82, 2.24) is 10.2 Å². The van der Waals surface area contributed by atoms with E-state index >= 15 is 0 Å². The van der Waals surface area contributed by atoms with Crippen LogP contribution in [-0.2, 0) is 4.79 Å². The Balaban J connectivity index is 2.57. The molecule has 74 valence electrons. The van der Waals surface area contributed by atoms with Gasteiger partial charge in [-0.1, -0.05) is 0 Å². The zero-order chi connectivity index (χ0) is 9.84. The van der Waals surface area contributed by atoms with Gasteiger partial charge in [0.1, 0.15) is 6.04 Å². The molecule has 1 saturated heterocycles. The summed E-state index contributed by atoms with van der Waals surface area (Å²) in [6.45, 7) is 2.88. The molecule has 1 rings (SSSR count). The van der Waals surface area contributed by atoms with E-state index in [1.54, 1.807) is 0 Å². The maximum Gasteiger partial charge on any atom is 0.326 e. The first kappa shape index (κ1) is 9.83. The Kier molecular flexibility index (Phi) is 3.11. The molecule has 0 saturated carbocycles. The normalized spacial score (nSPS) is 21.6. The van der Waals surface area contributed by atoms with Gasteiger partial charge in [0.05, 0.1) is 0 Å². The van der Waals surface area contributed by atoms with E-state index in [2.05, 4.69) is 5.32 Å². The smallest absolute Gasteiger partial charge is 0.326 e. The molecule has 1 aliphatic rings. The highest BCUT2D eigenvalue weighted by Crippen LogP contribution is 2.16. The van der Waals surface area contributed by atoms with Crippen LogP contribution in [0.1, 0.15) is 19.8 Å². The van der Waals surface area contributed by atoms with Crippen molar-refractivity contribution in [3.05, 3.63) is 0 Å². The van der Waals surface area contributed by atoms with Gasteiger partial charge in [0.2, 0.25) is 0 Å². The summed E-state index contributed by atoms with van der Waals surface area (Å²) in [5.41, 5.74) is 0. The Hall–Kier alpha value is -1.26. The van der Waals surface area contributed by atoms with Crippen molar-refractivity contribution in [1.29, 1.82) is 0 Å². The molecular weight excluding hydrogens is 172 g/mol. The molecule has 1 atom stereocenters. The number of urea groups is 1. The summed E-state index contributed by atoms with van der Waals surface area (Å²) in [6.07, 6.45) is 1.33. The molecule has 0 aliphatic carbocycles. The molecule has 0 aromatic carbocycles. The molecule has 1 heterocycles. The van der Waals surface area contributed by atoms with E-state index in [4.69, 9.17) is 5.11 Å². The summed E-state index contributed by atoms with van der Waals surface area (Å²) in [5.74, 6) is -0.913. The van der Waals surface area contributed by atoms with E-state index < -0.39 is 12.0 Å². The lowest BCUT2D eigenvalue weighted by atomic mass is 10.2. The molecule has 0 spiro atoms. The van der Waals surface area contributed by atoms with Gasteiger partial charge in [-0.05, 0) is 19.8 Å². The van der Waals surface area contributed by atoms with Crippen LogP contribution in [0.15, 0.2) is 0 Å². The number of carboxylic acids is 1. The maximum atomic E-state index is 11.3. The summed E-state index contributed by atoms with van der Waals surface area (Å²) in [5, 5.41) is 11.4. The van der Waals surface area contributed by atoms with Crippen LogP contribution in [0.3, 0.4) is 0 Å². The standard InChI is InChI=1S/C8H14N2O3/c1-2-9-8(13)10-5-3-4-6(10)7(11)12/h6H,2-5H2,1H3,(H,9,13)(H,11,12)/t6-/m1/s1. The lowest BCUT2D eigenvalue weighted by molar-refractivity contribution is -0.141.